The van der Waals surface area contributed by atoms with Crippen molar-refractivity contribution in [2.45, 2.75) is 70.1 Å². The second-order valence-electron chi connectivity index (χ2n) is 8.93. The molecule has 162 valence electrons. The Kier molecular flexibility index (Phi) is 5.30. The summed E-state index contributed by atoms with van der Waals surface area (Å²) in [5.74, 6) is -0.176. The molecule has 2 aliphatic rings. The van der Waals surface area contributed by atoms with Crippen LogP contribution in [-0.2, 0) is 17.9 Å². The van der Waals surface area contributed by atoms with Gasteiger partial charge in [-0.3, -0.25) is 14.6 Å². The van der Waals surface area contributed by atoms with Crippen molar-refractivity contribution in [3.63, 3.8) is 0 Å². The number of carbonyl (C=O) groups is 2. The van der Waals surface area contributed by atoms with Crippen LogP contribution < -0.4 is 5.32 Å². The van der Waals surface area contributed by atoms with Gasteiger partial charge in [-0.25, -0.2) is 0 Å². The van der Waals surface area contributed by atoms with E-state index in [0.717, 1.165) is 41.6 Å². The van der Waals surface area contributed by atoms with Crippen molar-refractivity contribution in [3.05, 3.63) is 53.3 Å². The third-order valence-electron chi connectivity index (χ3n) is 6.77. The monoisotopic (exact) mass is 436 g/mol. The summed E-state index contributed by atoms with van der Waals surface area (Å²) in [6.45, 7) is 2.66. The zero-order valence-corrected chi connectivity index (χ0v) is 18.7. The topological polar surface area (TPSA) is 67.2 Å². The summed E-state index contributed by atoms with van der Waals surface area (Å²) >= 11 is 1.62. The molecule has 2 amide bonds. The zero-order chi connectivity index (χ0) is 21.4. The highest BCUT2D eigenvalue weighted by Gasteiger charge is 2.48. The molecule has 0 spiro atoms. The summed E-state index contributed by atoms with van der Waals surface area (Å²) in [6.07, 6.45) is 8.52. The van der Waals surface area contributed by atoms with Gasteiger partial charge in [0.15, 0.2) is 0 Å². The first-order valence-electron chi connectivity index (χ1n) is 11.2. The summed E-state index contributed by atoms with van der Waals surface area (Å²) in [4.78, 5) is 33.5. The highest BCUT2D eigenvalue weighted by Crippen LogP contribution is 2.35. The highest BCUT2D eigenvalue weighted by atomic mass is 32.1. The highest BCUT2D eigenvalue weighted by molar-refractivity contribution is 7.17. The van der Waals surface area contributed by atoms with Crippen LogP contribution >= 0.6 is 11.3 Å². The maximum absolute atomic E-state index is 13.7. The standard InChI is InChI=1S/C24H28N4O2S/c1-24(23(30)26-17-8-4-2-3-5-9-17)16-27-19-11-13-31-21(19)14-20(27)22(29)28(24)15-18-10-6-7-12-25-18/h6-7,10-14,17H,2-5,8-9,15-16H2,1H3,(H,26,30)/t24-/m1/s1. The van der Waals surface area contributed by atoms with Crippen LogP contribution in [-0.4, -0.2) is 37.8 Å². The molecule has 1 fully saturated rings. The number of thiophene rings is 1. The van der Waals surface area contributed by atoms with Crippen molar-refractivity contribution in [1.82, 2.24) is 19.8 Å². The van der Waals surface area contributed by atoms with Crippen LogP contribution in [0, 0.1) is 0 Å². The van der Waals surface area contributed by atoms with E-state index in [1.165, 1.54) is 12.8 Å². The Morgan fingerprint density at radius 2 is 2.03 bits per heavy atom. The van der Waals surface area contributed by atoms with E-state index in [4.69, 9.17) is 0 Å². The quantitative estimate of drug-likeness (QED) is 0.618. The van der Waals surface area contributed by atoms with Crippen LogP contribution in [0.15, 0.2) is 41.9 Å². The molecular formula is C24H28N4O2S. The molecule has 3 aromatic rings. The van der Waals surface area contributed by atoms with Crippen LogP contribution in [0.5, 0.6) is 0 Å². The minimum absolute atomic E-state index is 0.0635. The van der Waals surface area contributed by atoms with Gasteiger partial charge in [0.05, 0.1) is 29.0 Å². The van der Waals surface area contributed by atoms with Crippen molar-refractivity contribution >= 4 is 33.4 Å². The van der Waals surface area contributed by atoms with Crippen LogP contribution in [0.3, 0.4) is 0 Å². The lowest BCUT2D eigenvalue weighted by Gasteiger charge is -2.44. The number of nitrogens with zero attached hydrogens (tertiary/aromatic N) is 3. The van der Waals surface area contributed by atoms with E-state index in [9.17, 15) is 9.59 Å². The average molecular weight is 437 g/mol. The van der Waals surface area contributed by atoms with Crippen LogP contribution in [0.4, 0.5) is 0 Å². The van der Waals surface area contributed by atoms with Gasteiger partial charge in [-0.15, -0.1) is 11.3 Å². The van der Waals surface area contributed by atoms with Gasteiger partial charge in [0.1, 0.15) is 11.2 Å². The molecule has 1 aliphatic carbocycles. The number of rotatable bonds is 4. The molecule has 0 aromatic carbocycles. The number of amides is 2. The molecule has 5 rings (SSSR count). The molecule has 4 heterocycles. The molecule has 1 saturated carbocycles. The van der Waals surface area contributed by atoms with Crippen molar-refractivity contribution in [2.75, 3.05) is 0 Å². The van der Waals surface area contributed by atoms with E-state index >= 15 is 0 Å². The first-order chi connectivity index (χ1) is 15.1. The predicted molar refractivity (Wildman–Crippen MR) is 122 cm³/mol. The van der Waals surface area contributed by atoms with Crippen molar-refractivity contribution in [3.8, 4) is 0 Å². The third kappa shape index (κ3) is 3.65. The molecule has 0 bridgehead atoms. The Morgan fingerprint density at radius 3 is 2.77 bits per heavy atom. The van der Waals surface area contributed by atoms with E-state index < -0.39 is 5.54 Å². The molecule has 0 saturated heterocycles. The number of aromatic nitrogens is 2. The first kappa shape index (κ1) is 20.2. The summed E-state index contributed by atoms with van der Waals surface area (Å²) in [6, 6.07) is 9.86. The molecule has 6 nitrogen and oxygen atoms in total. The first-order valence-corrected chi connectivity index (χ1v) is 12.0. The molecule has 31 heavy (non-hydrogen) atoms. The number of pyridine rings is 1. The molecule has 0 unspecified atom stereocenters. The molecule has 3 aromatic heterocycles. The van der Waals surface area contributed by atoms with Crippen LogP contribution in [0.1, 0.15) is 61.6 Å². The number of fused-ring (bicyclic) bond motifs is 3. The van der Waals surface area contributed by atoms with Crippen LogP contribution in [0.25, 0.3) is 10.2 Å². The lowest BCUT2D eigenvalue weighted by Crippen LogP contribution is -2.64. The number of nitrogens with one attached hydrogen (secondary N) is 1. The number of carbonyl (C=O) groups excluding carboxylic acids is 2. The molecule has 1 N–H and O–H groups in total. The molecule has 7 heteroatoms. The zero-order valence-electron chi connectivity index (χ0n) is 17.8. The van der Waals surface area contributed by atoms with Crippen molar-refractivity contribution in [2.24, 2.45) is 0 Å². The smallest absolute Gasteiger partial charge is 0.271 e. The van der Waals surface area contributed by atoms with Gasteiger partial charge in [-0.1, -0.05) is 31.7 Å². The Hall–Kier alpha value is -2.67. The van der Waals surface area contributed by atoms with Crippen molar-refractivity contribution in [1.29, 1.82) is 0 Å². The Labute approximate surface area is 186 Å². The van der Waals surface area contributed by atoms with Gasteiger partial charge in [0.25, 0.3) is 5.91 Å². The fourth-order valence-electron chi connectivity index (χ4n) is 4.94. The summed E-state index contributed by atoms with van der Waals surface area (Å²) < 4.78 is 3.10. The van der Waals surface area contributed by atoms with Gasteiger partial charge in [-0.2, -0.15) is 0 Å². The molecule has 1 aliphatic heterocycles. The Morgan fingerprint density at radius 1 is 1.23 bits per heavy atom. The molecular weight excluding hydrogens is 408 g/mol. The number of hydrogen-bond donors (Lipinski definition) is 1. The lowest BCUT2D eigenvalue weighted by atomic mass is 9.93. The lowest BCUT2D eigenvalue weighted by molar-refractivity contribution is -0.134. The summed E-state index contributed by atoms with van der Waals surface area (Å²) in [7, 11) is 0. The van der Waals surface area contributed by atoms with Gasteiger partial charge < -0.3 is 14.8 Å². The molecule has 1 atom stereocenters. The second-order valence-corrected chi connectivity index (χ2v) is 9.88. The average Bonchev–Trinajstić information content (AvgIpc) is 3.26. The normalized spacial score (nSPS) is 22.4. The fourth-order valence-corrected chi connectivity index (χ4v) is 5.76. The van der Waals surface area contributed by atoms with Gasteiger partial charge in [0.2, 0.25) is 5.91 Å². The Balaban J connectivity index is 1.51. The predicted octanol–water partition coefficient (Wildman–Crippen LogP) is 4.35. The van der Waals surface area contributed by atoms with E-state index in [2.05, 4.69) is 10.3 Å². The van der Waals surface area contributed by atoms with Gasteiger partial charge in [0, 0.05) is 12.2 Å². The number of hydrogen-bond acceptors (Lipinski definition) is 4. The van der Waals surface area contributed by atoms with E-state index in [-0.39, 0.29) is 17.9 Å². The fraction of sp³-hybridized carbons (Fsp3) is 0.458. The van der Waals surface area contributed by atoms with Crippen molar-refractivity contribution < 1.29 is 9.59 Å². The van der Waals surface area contributed by atoms with Crippen LogP contribution in [0.2, 0.25) is 0 Å². The Bertz CT molecular complexity index is 1100. The van der Waals surface area contributed by atoms with Gasteiger partial charge in [-0.05, 0) is 49.4 Å². The molecule has 0 radical (unpaired) electrons. The summed E-state index contributed by atoms with van der Waals surface area (Å²) in [5.41, 5.74) is 1.48. The minimum Gasteiger partial charge on any atom is -0.351 e. The maximum Gasteiger partial charge on any atom is 0.271 e. The maximum atomic E-state index is 13.7. The third-order valence-corrected chi connectivity index (χ3v) is 7.63. The SMILES string of the molecule is C[C@]1(C(=O)NC2CCCCCC2)Cn2c(cc3sccc32)C(=O)N1Cc1ccccn1. The summed E-state index contributed by atoms with van der Waals surface area (Å²) in [5, 5.41) is 5.34. The second kappa shape index (κ2) is 8.11. The van der Waals surface area contributed by atoms with E-state index in [1.54, 1.807) is 22.4 Å². The van der Waals surface area contributed by atoms with E-state index in [1.807, 2.05) is 47.2 Å². The minimum atomic E-state index is -0.984. The largest absolute Gasteiger partial charge is 0.351 e. The van der Waals surface area contributed by atoms with E-state index in [0.29, 0.717) is 18.8 Å². The van der Waals surface area contributed by atoms with Gasteiger partial charge >= 0.3 is 0 Å².